The van der Waals surface area contributed by atoms with Crippen LogP contribution in [0.25, 0.3) is 55.6 Å². The summed E-state index contributed by atoms with van der Waals surface area (Å²) in [6.45, 7) is 17.4. The molecular formula is C76H88. The van der Waals surface area contributed by atoms with Crippen LogP contribution in [0.4, 0.5) is 0 Å². The fraction of sp³-hybridized carbons (Fsp3) is 0.289. The lowest BCUT2D eigenvalue weighted by atomic mass is 9.98. The third-order valence-electron chi connectivity index (χ3n) is 14.4. The van der Waals surface area contributed by atoms with Crippen molar-refractivity contribution in [3.8, 4) is 55.6 Å². The topological polar surface area (TPSA) is 0 Å². The molecule has 0 nitrogen and oxygen atoms in total. The number of benzene rings is 9. The van der Waals surface area contributed by atoms with Gasteiger partial charge in [-0.2, -0.15) is 0 Å². The van der Waals surface area contributed by atoms with Crippen LogP contribution in [0.1, 0.15) is 136 Å². The van der Waals surface area contributed by atoms with Crippen molar-refractivity contribution in [1.29, 1.82) is 0 Å². The van der Waals surface area contributed by atoms with Gasteiger partial charge in [0, 0.05) is 0 Å². The first-order valence-electron chi connectivity index (χ1n) is 28.8. The molecule has 76 heavy (non-hydrogen) atoms. The predicted molar refractivity (Wildman–Crippen MR) is 336 cm³/mol. The highest BCUT2D eigenvalue weighted by Crippen LogP contribution is 2.27. The second-order valence-corrected chi connectivity index (χ2v) is 21.1. The molecule has 0 amide bonds. The number of unbranched alkanes of at least 4 members (excludes halogenated alkanes) is 8. The number of hydrogen-bond acceptors (Lipinski definition) is 0. The van der Waals surface area contributed by atoms with Crippen molar-refractivity contribution in [1.82, 2.24) is 0 Å². The first-order chi connectivity index (χ1) is 37.1. The van der Waals surface area contributed by atoms with Gasteiger partial charge in [0.05, 0.1) is 0 Å². The second-order valence-electron chi connectivity index (χ2n) is 21.1. The standard InChI is InChI=1S/C24H26.C20H26.C18H22.C14H14/c1-3-4-5-6-20-9-13-22(14-10-20)24-17-15-23(16-18-24)21-11-7-19(2)8-12-21;1-3-4-5-6-7-8-18-11-15-20(16-12-18)19-13-9-17(2)10-14-19;1-3-4-5-6-16-9-13-18(14-10-16)17-11-7-15(2)8-12-17;1-11-3-7-13(8-4-11)14-9-5-12(2)6-10-14/h7-18H,3-6H2,1-2H3;9-16H,3-8H2,1-2H3;7-14H,3-6H2,1-2H3;3-10H,1-2H3. The maximum Gasteiger partial charge on any atom is -0.0184 e. The largest absolute Gasteiger partial charge is 0.0654 e. The first-order valence-corrected chi connectivity index (χ1v) is 28.8. The average molecular weight is 1000 g/mol. The van der Waals surface area contributed by atoms with Gasteiger partial charge in [-0.3, -0.25) is 0 Å². The smallest absolute Gasteiger partial charge is 0.0184 e. The Labute approximate surface area is 461 Å². The third-order valence-corrected chi connectivity index (χ3v) is 14.4. The highest BCUT2D eigenvalue weighted by Gasteiger charge is 2.04. The molecule has 9 rings (SSSR count). The summed E-state index contributed by atoms with van der Waals surface area (Å²) in [4.78, 5) is 0. The van der Waals surface area contributed by atoms with Crippen LogP contribution in [0, 0.1) is 34.6 Å². The van der Waals surface area contributed by atoms with Gasteiger partial charge in [-0.05, 0) is 145 Å². The van der Waals surface area contributed by atoms with Crippen molar-refractivity contribution >= 4 is 0 Å². The normalized spacial score (nSPS) is 10.6. The molecule has 0 N–H and O–H groups in total. The Morgan fingerprint density at radius 2 is 0.316 bits per heavy atom. The van der Waals surface area contributed by atoms with Gasteiger partial charge < -0.3 is 0 Å². The maximum atomic E-state index is 2.29. The van der Waals surface area contributed by atoms with Crippen LogP contribution >= 0.6 is 0 Å². The van der Waals surface area contributed by atoms with Gasteiger partial charge in [-0.1, -0.05) is 318 Å². The molecule has 9 aromatic rings. The fourth-order valence-electron chi connectivity index (χ4n) is 9.27. The van der Waals surface area contributed by atoms with Crippen molar-refractivity contribution in [3.05, 3.63) is 263 Å². The van der Waals surface area contributed by atoms with Gasteiger partial charge in [0.1, 0.15) is 0 Å². The van der Waals surface area contributed by atoms with E-state index in [-0.39, 0.29) is 0 Å². The Morgan fingerprint density at radius 3 is 0.513 bits per heavy atom. The van der Waals surface area contributed by atoms with Gasteiger partial charge in [0.25, 0.3) is 0 Å². The molecule has 0 bridgehead atoms. The van der Waals surface area contributed by atoms with E-state index in [0.717, 1.165) is 0 Å². The summed E-state index contributed by atoms with van der Waals surface area (Å²) in [5, 5.41) is 0. The lowest BCUT2D eigenvalue weighted by Crippen LogP contribution is -1.87. The molecule has 0 heterocycles. The van der Waals surface area contributed by atoms with Crippen LogP contribution in [0.3, 0.4) is 0 Å². The Hall–Kier alpha value is -7.02. The van der Waals surface area contributed by atoms with Crippen molar-refractivity contribution in [3.63, 3.8) is 0 Å². The Kier molecular flexibility index (Phi) is 24.9. The van der Waals surface area contributed by atoms with Gasteiger partial charge in [-0.15, -0.1) is 0 Å². The minimum Gasteiger partial charge on any atom is -0.0654 e. The molecule has 9 aromatic carbocycles. The first kappa shape index (κ1) is 58.2. The summed E-state index contributed by atoms with van der Waals surface area (Å²) >= 11 is 0. The van der Waals surface area contributed by atoms with E-state index in [1.807, 2.05) is 0 Å². The summed E-state index contributed by atoms with van der Waals surface area (Å²) < 4.78 is 0. The van der Waals surface area contributed by atoms with Crippen LogP contribution in [0.15, 0.2) is 218 Å². The molecule has 392 valence electrons. The summed E-state index contributed by atoms with van der Waals surface area (Å²) in [6, 6.07) is 79.5. The molecule has 0 spiro atoms. The van der Waals surface area contributed by atoms with Gasteiger partial charge in [0.2, 0.25) is 0 Å². The van der Waals surface area contributed by atoms with E-state index >= 15 is 0 Å². The molecule has 0 fully saturated rings. The SMILES string of the molecule is CCCCCCCc1ccc(-c2ccc(C)cc2)cc1.CCCCCc1ccc(-c2ccc(-c3ccc(C)cc3)cc2)cc1.CCCCCc1ccc(-c2ccc(C)cc2)cc1.Cc1ccc(-c2ccc(C)cc2)cc1. The number of hydrogen-bond donors (Lipinski definition) is 0. The Morgan fingerprint density at radius 1 is 0.171 bits per heavy atom. The van der Waals surface area contributed by atoms with E-state index in [1.165, 1.54) is 190 Å². The van der Waals surface area contributed by atoms with Crippen LogP contribution in [-0.4, -0.2) is 0 Å². The molecule has 0 aromatic heterocycles. The zero-order chi connectivity index (χ0) is 53.7. The van der Waals surface area contributed by atoms with Crippen LogP contribution in [0.2, 0.25) is 0 Å². The minimum absolute atomic E-state index is 1.19. The lowest BCUT2D eigenvalue weighted by molar-refractivity contribution is 0.632. The Balaban J connectivity index is 0.000000167. The van der Waals surface area contributed by atoms with Crippen LogP contribution < -0.4 is 0 Å². The third kappa shape index (κ3) is 20.3. The molecule has 0 aliphatic rings. The van der Waals surface area contributed by atoms with Crippen molar-refractivity contribution in [2.75, 3.05) is 0 Å². The molecule has 0 aliphatic heterocycles. The molecule has 0 saturated carbocycles. The number of aryl methyl sites for hydroxylation is 8. The highest BCUT2D eigenvalue weighted by atomic mass is 14.1. The molecule has 0 saturated heterocycles. The molecule has 0 radical (unpaired) electrons. The summed E-state index contributed by atoms with van der Waals surface area (Å²) in [7, 11) is 0. The van der Waals surface area contributed by atoms with Gasteiger partial charge in [-0.25, -0.2) is 0 Å². The lowest BCUT2D eigenvalue weighted by Gasteiger charge is -2.07. The van der Waals surface area contributed by atoms with E-state index in [2.05, 4.69) is 274 Å². The average Bonchev–Trinajstić information content (AvgIpc) is 3.46. The van der Waals surface area contributed by atoms with E-state index in [9.17, 15) is 0 Å². The number of rotatable bonds is 19. The van der Waals surface area contributed by atoms with Gasteiger partial charge in [0.15, 0.2) is 0 Å². The van der Waals surface area contributed by atoms with Crippen molar-refractivity contribution in [2.24, 2.45) is 0 Å². The summed E-state index contributed by atoms with van der Waals surface area (Å²) in [6.07, 6.45) is 18.2. The molecule has 0 unspecified atom stereocenters. The minimum atomic E-state index is 1.19. The molecule has 0 aliphatic carbocycles. The monoisotopic (exact) mass is 1000 g/mol. The predicted octanol–water partition coefficient (Wildman–Crippen LogP) is 22.6. The van der Waals surface area contributed by atoms with Crippen molar-refractivity contribution < 1.29 is 0 Å². The van der Waals surface area contributed by atoms with E-state index in [0.29, 0.717) is 0 Å². The fourth-order valence-corrected chi connectivity index (χ4v) is 9.27. The zero-order valence-electron chi connectivity index (χ0n) is 47.7. The molecular weight excluding hydrogens is 913 g/mol. The van der Waals surface area contributed by atoms with Crippen LogP contribution in [-0.2, 0) is 19.3 Å². The summed E-state index contributed by atoms with van der Waals surface area (Å²) in [5.41, 5.74) is 23.9. The Bertz CT molecular complexity index is 2890. The zero-order valence-corrected chi connectivity index (χ0v) is 47.7. The quantitative estimate of drug-likeness (QED) is 0.0708. The van der Waals surface area contributed by atoms with E-state index < -0.39 is 0 Å². The van der Waals surface area contributed by atoms with E-state index in [1.54, 1.807) is 0 Å². The van der Waals surface area contributed by atoms with Gasteiger partial charge >= 0.3 is 0 Å². The molecule has 0 heteroatoms. The van der Waals surface area contributed by atoms with E-state index in [4.69, 9.17) is 0 Å². The second kappa shape index (κ2) is 32.4. The van der Waals surface area contributed by atoms with Crippen LogP contribution in [0.5, 0.6) is 0 Å². The molecule has 0 atom stereocenters. The maximum absolute atomic E-state index is 2.29. The highest BCUT2D eigenvalue weighted by molar-refractivity contribution is 5.71. The summed E-state index contributed by atoms with van der Waals surface area (Å²) in [5.74, 6) is 0. The van der Waals surface area contributed by atoms with Crippen molar-refractivity contribution in [2.45, 2.75) is 145 Å².